The lowest BCUT2D eigenvalue weighted by Gasteiger charge is -2.09. The van der Waals surface area contributed by atoms with Crippen molar-refractivity contribution >= 4 is 39.1 Å². The third-order valence-corrected chi connectivity index (χ3v) is 3.98. The molecule has 0 aliphatic heterocycles. The lowest BCUT2D eigenvalue weighted by Crippen LogP contribution is -2.00. The van der Waals surface area contributed by atoms with Crippen LogP contribution in [0, 0.1) is 6.92 Å². The Morgan fingerprint density at radius 2 is 1.73 bits per heavy atom. The minimum absolute atomic E-state index is 0.558. The van der Waals surface area contributed by atoms with E-state index < -0.39 is 0 Å². The minimum Gasteiger partial charge on any atom is -0.340 e. The molecular formula is C17H15BrN4. The Labute approximate surface area is 137 Å². The van der Waals surface area contributed by atoms with E-state index >= 15 is 0 Å². The summed E-state index contributed by atoms with van der Waals surface area (Å²) in [5.41, 5.74) is 3.12. The second-order valence-electron chi connectivity index (χ2n) is 4.85. The second kappa shape index (κ2) is 6.58. The standard InChI is InChI=1S/C17H15BrN4/c1-12-7-8-14(11-15(12)18)20-16-9-10-19-17(22-16)21-13-5-3-2-4-6-13/h2-11H,1H3,(H2,19,20,21,22). The van der Waals surface area contributed by atoms with E-state index in [4.69, 9.17) is 0 Å². The van der Waals surface area contributed by atoms with Crippen LogP contribution >= 0.6 is 15.9 Å². The van der Waals surface area contributed by atoms with E-state index in [-0.39, 0.29) is 0 Å². The van der Waals surface area contributed by atoms with Gasteiger partial charge in [-0.05, 0) is 42.8 Å². The molecule has 0 spiro atoms. The fraction of sp³-hybridized carbons (Fsp3) is 0.0588. The van der Waals surface area contributed by atoms with Crippen LogP contribution in [0.1, 0.15) is 5.56 Å². The summed E-state index contributed by atoms with van der Waals surface area (Å²) in [6, 6.07) is 17.8. The summed E-state index contributed by atoms with van der Waals surface area (Å²) < 4.78 is 1.06. The van der Waals surface area contributed by atoms with Crippen LogP contribution in [0.3, 0.4) is 0 Å². The molecule has 2 aromatic carbocycles. The van der Waals surface area contributed by atoms with Crippen LogP contribution in [0.4, 0.5) is 23.1 Å². The molecular weight excluding hydrogens is 340 g/mol. The molecule has 3 rings (SSSR count). The monoisotopic (exact) mass is 354 g/mol. The van der Waals surface area contributed by atoms with E-state index in [9.17, 15) is 0 Å². The molecule has 0 saturated carbocycles. The van der Waals surface area contributed by atoms with Crippen LogP contribution in [-0.2, 0) is 0 Å². The van der Waals surface area contributed by atoms with Crippen molar-refractivity contribution in [2.45, 2.75) is 6.92 Å². The van der Waals surface area contributed by atoms with Crippen LogP contribution in [-0.4, -0.2) is 9.97 Å². The number of hydrogen-bond donors (Lipinski definition) is 2. The van der Waals surface area contributed by atoms with Crippen molar-refractivity contribution < 1.29 is 0 Å². The van der Waals surface area contributed by atoms with Crippen LogP contribution in [0.25, 0.3) is 0 Å². The van der Waals surface area contributed by atoms with Crippen LogP contribution in [0.15, 0.2) is 65.3 Å². The molecule has 1 heterocycles. The molecule has 0 bridgehead atoms. The predicted octanol–water partition coefficient (Wildman–Crippen LogP) is 5.03. The molecule has 0 fully saturated rings. The summed E-state index contributed by atoms with van der Waals surface area (Å²) in [5.74, 6) is 1.30. The molecule has 1 aromatic heterocycles. The Bertz CT molecular complexity index is 775. The van der Waals surface area contributed by atoms with Gasteiger partial charge in [0.2, 0.25) is 5.95 Å². The Morgan fingerprint density at radius 3 is 2.50 bits per heavy atom. The second-order valence-corrected chi connectivity index (χ2v) is 5.70. The lowest BCUT2D eigenvalue weighted by atomic mass is 10.2. The molecule has 4 nitrogen and oxygen atoms in total. The molecule has 0 aliphatic rings. The summed E-state index contributed by atoms with van der Waals surface area (Å²) in [4.78, 5) is 8.70. The first-order valence-electron chi connectivity index (χ1n) is 6.89. The maximum atomic E-state index is 4.47. The van der Waals surface area contributed by atoms with Gasteiger partial charge in [-0.1, -0.05) is 40.2 Å². The zero-order chi connectivity index (χ0) is 15.4. The fourth-order valence-electron chi connectivity index (χ4n) is 1.96. The number of para-hydroxylation sites is 1. The highest BCUT2D eigenvalue weighted by Crippen LogP contribution is 2.23. The highest BCUT2D eigenvalue weighted by molar-refractivity contribution is 9.10. The molecule has 0 amide bonds. The summed E-state index contributed by atoms with van der Waals surface area (Å²) in [5, 5.41) is 6.46. The van der Waals surface area contributed by atoms with Gasteiger partial charge in [0.1, 0.15) is 5.82 Å². The van der Waals surface area contributed by atoms with E-state index in [1.165, 1.54) is 5.56 Å². The fourth-order valence-corrected chi connectivity index (χ4v) is 2.34. The van der Waals surface area contributed by atoms with Gasteiger partial charge in [0.15, 0.2) is 0 Å². The number of halogens is 1. The predicted molar refractivity (Wildman–Crippen MR) is 93.9 cm³/mol. The summed E-state index contributed by atoms with van der Waals surface area (Å²) in [6.07, 6.45) is 1.73. The maximum Gasteiger partial charge on any atom is 0.229 e. The molecule has 110 valence electrons. The normalized spacial score (nSPS) is 10.3. The molecule has 0 atom stereocenters. The first-order chi connectivity index (χ1) is 10.7. The van der Waals surface area contributed by atoms with Gasteiger partial charge < -0.3 is 10.6 Å². The van der Waals surface area contributed by atoms with Gasteiger partial charge in [-0.15, -0.1) is 0 Å². The van der Waals surface area contributed by atoms with E-state index in [1.807, 2.05) is 48.5 Å². The van der Waals surface area contributed by atoms with Crippen molar-refractivity contribution in [1.29, 1.82) is 0 Å². The summed E-state index contributed by atoms with van der Waals surface area (Å²) in [7, 11) is 0. The van der Waals surface area contributed by atoms with Gasteiger partial charge in [-0.25, -0.2) is 4.98 Å². The van der Waals surface area contributed by atoms with Gasteiger partial charge in [-0.3, -0.25) is 0 Å². The third kappa shape index (κ3) is 3.62. The first-order valence-corrected chi connectivity index (χ1v) is 7.68. The van der Waals surface area contributed by atoms with Crippen LogP contribution < -0.4 is 10.6 Å². The van der Waals surface area contributed by atoms with E-state index in [2.05, 4.69) is 49.5 Å². The molecule has 2 N–H and O–H groups in total. The zero-order valence-electron chi connectivity index (χ0n) is 12.0. The number of rotatable bonds is 4. The van der Waals surface area contributed by atoms with E-state index in [1.54, 1.807) is 6.20 Å². The molecule has 5 heteroatoms. The molecule has 0 saturated heterocycles. The SMILES string of the molecule is Cc1ccc(Nc2ccnc(Nc3ccccc3)n2)cc1Br. The topological polar surface area (TPSA) is 49.8 Å². The lowest BCUT2D eigenvalue weighted by molar-refractivity contribution is 1.16. The smallest absolute Gasteiger partial charge is 0.229 e. The van der Waals surface area contributed by atoms with Crippen molar-refractivity contribution in [2.75, 3.05) is 10.6 Å². The highest BCUT2D eigenvalue weighted by Gasteiger charge is 2.02. The molecule has 3 aromatic rings. The number of aryl methyl sites for hydroxylation is 1. The average Bonchev–Trinajstić information content (AvgIpc) is 2.52. The molecule has 0 unspecified atom stereocenters. The van der Waals surface area contributed by atoms with E-state index in [0.717, 1.165) is 21.7 Å². The molecule has 0 aliphatic carbocycles. The number of hydrogen-bond acceptors (Lipinski definition) is 4. The number of anilines is 4. The quantitative estimate of drug-likeness (QED) is 0.689. The molecule has 0 radical (unpaired) electrons. The van der Waals surface area contributed by atoms with Gasteiger partial charge in [0.25, 0.3) is 0 Å². The van der Waals surface area contributed by atoms with Gasteiger partial charge in [0, 0.05) is 22.0 Å². The summed E-state index contributed by atoms with van der Waals surface area (Å²) in [6.45, 7) is 2.06. The zero-order valence-corrected chi connectivity index (χ0v) is 13.6. The Balaban J connectivity index is 1.77. The van der Waals surface area contributed by atoms with Crippen molar-refractivity contribution in [2.24, 2.45) is 0 Å². The third-order valence-electron chi connectivity index (χ3n) is 3.13. The van der Waals surface area contributed by atoms with Crippen LogP contribution in [0.2, 0.25) is 0 Å². The Morgan fingerprint density at radius 1 is 0.909 bits per heavy atom. The number of aromatic nitrogens is 2. The molecule has 22 heavy (non-hydrogen) atoms. The highest BCUT2D eigenvalue weighted by atomic mass is 79.9. The van der Waals surface area contributed by atoms with Crippen molar-refractivity contribution in [3.63, 3.8) is 0 Å². The van der Waals surface area contributed by atoms with E-state index in [0.29, 0.717) is 5.95 Å². The Hall–Kier alpha value is -2.40. The average molecular weight is 355 g/mol. The van der Waals surface area contributed by atoms with Crippen molar-refractivity contribution in [3.05, 3.63) is 70.8 Å². The number of nitrogens with zero attached hydrogens (tertiary/aromatic N) is 2. The van der Waals surface area contributed by atoms with Gasteiger partial charge >= 0.3 is 0 Å². The number of nitrogens with one attached hydrogen (secondary N) is 2. The summed E-state index contributed by atoms with van der Waals surface area (Å²) >= 11 is 3.53. The Kier molecular flexibility index (Phi) is 4.34. The van der Waals surface area contributed by atoms with Gasteiger partial charge in [0.05, 0.1) is 0 Å². The van der Waals surface area contributed by atoms with Crippen LogP contribution in [0.5, 0.6) is 0 Å². The maximum absolute atomic E-state index is 4.47. The van der Waals surface area contributed by atoms with Gasteiger partial charge in [-0.2, -0.15) is 4.98 Å². The number of benzene rings is 2. The van der Waals surface area contributed by atoms with Crippen molar-refractivity contribution in [1.82, 2.24) is 9.97 Å². The van der Waals surface area contributed by atoms with Crippen molar-refractivity contribution in [3.8, 4) is 0 Å². The first kappa shape index (κ1) is 14.5. The largest absolute Gasteiger partial charge is 0.340 e. The minimum atomic E-state index is 0.558.